The van der Waals surface area contributed by atoms with Gasteiger partial charge in [0.05, 0.1) is 17.6 Å². The fourth-order valence-corrected chi connectivity index (χ4v) is 5.36. The van der Waals surface area contributed by atoms with Gasteiger partial charge in [0.25, 0.3) is 11.8 Å². The molecule has 0 bridgehead atoms. The van der Waals surface area contributed by atoms with E-state index < -0.39 is 5.91 Å². The molecule has 2 heterocycles. The quantitative estimate of drug-likeness (QED) is 0.667. The average molecular weight is 444 g/mol. The molecule has 2 aliphatic rings. The molecule has 1 unspecified atom stereocenters. The van der Waals surface area contributed by atoms with Gasteiger partial charge in [0, 0.05) is 43.4 Å². The molecule has 1 atom stereocenters. The number of carbonyl (C=O) groups excluding carboxylic acids is 2. The molecular formula is C25H34FN3O3. The average Bonchev–Trinajstić information content (AvgIpc) is 3.20. The number of nitrogens with zero attached hydrogens (tertiary/aromatic N) is 2. The molecule has 1 saturated heterocycles. The number of aromatic nitrogens is 1. The molecule has 1 aromatic carbocycles. The van der Waals surface area contributed by atoms with Gasteiger partial charge >= 0.3 is 0 Å². The molecule has 7 heteroatoms. The highest BCUT2D eigenvalue weighted by atomic mass is 19.2. The van der Waals surface area contributed by atoms with Crippen LogP contribution in [0.4, 0.5) is 4.48 Å². The minimum Gasteiger partial charge on any atom is -0.381 e. The molecule has 1 fully saturated rings. The zero-order chi connectivity index (χ0) is 22.8. The molecule has 1 aliphatic heterocycles. The lowest BCUT2D eigenvalue weighted by molar-refractivity contribution is 0.0229. The highest BCUT2D eigenvalue weighted by molar-refractivity contribution is 6.10. The van der Waals surface area contributed by atoms with E-state index in [0.717, 1.165) is 62.8 Å². The molecule has 2 amide bonds. The Labute approximate surface area is 189 Å². The number of hydrogen-bond acceptors (Lipinski definition) is 3. The van der Waals surface area contributed by atoms with Crippen molar-refractivity contribution in [1.82, 2.24) is 15.0 Å². The van der Waals surface area contributed by atoms with Crippen molar-refractivity contribution >= 4 is 22.7 Å². The van der Waals surface area contributed by atoms with Crippen molar-refractivity contribution in [2.24, 2.45) is 11.8 Å². The first-order chi connectivity index (χ1) is 15.4. The maximum Gasteiger partial charge on any atom is 0.283 e. The maximum atomic E-state index is 14.3. The molecular weight excluding hydrogens is 409 g/mol. The third-order valence-corrected chi connectivity index (χ3v) is 7.15. The zero-order valence-corrected chi connectivity index (χ0v) is 19.4. The van der Waals surface area contributed by atoms with Gasteiger partial charge < -0.3 is 14.6 Å². The SMILES string of the molecule is CCCN(C)C(=O)c1cc(C(=O)N(F)CC)c2[nH]c3c(c2c1)CC(C1CCOCC1)CC3. The van der Waals surface area contributed by atoms with Crippen LogP contribution in [0.2, 0.25) is 0 Å². The summed E-state index contributed by atoms with van der Waals surface area (Å²) >= 11 is 0. The Morgan fingerprint density at radius 3 is 2.56 bits per heavy atom. The summed E-state index contributed by atoms with van der Waals surface area (Å²) in [6.07, 6.45) is 5.95. The third kappa shape index (κ3) is 4.27. The lowest BCUT2D eigenvalue weighted by atomic mass is 9.75. The summed E-state index contributed by atoms with van der Waals surface area (Å²) in [5.74, 6) is 0.367. The zero-order valence-electron chi connectivity index (χ0n) is 19.4. The molecule has 32 heavy (non-hydrogen) atoms. The number of nitrogens with one attached hydrogen (secondary N) is 1. The highest BCUT2D eigenvalue weighted by Crippen LogP contribution is 2.39. The van der Waals surface area contributed by atoms with E-state index in [1.54, 1.807) is 24.9 Å². The number of halogens is 1. The number of H-pyrrole nitrogens is 1. The van der Waals surface area contributed by atoms with E-state index >= 15 is 0 Å². The standard InChI is InChI=1S/C25H34FN3O3/c1-4-10-28(3)24(30)18-14-20-19-13-17(16-8-11-32-12-9-16)6-7-22(19)27-23(20)21(15-18)25(31)29(26)5-2/h14-17,27H,4-13H2,1-3H3. The van der Waals surface area contributed by atoms with E-state index in [2.05, 4.69) is 4.98 Å². The van der Waals surface area contributed by atoms with Crippen LogP contribution in [0, 0.1) is 11.8 Å². The molecule has 2 aromatic rings. The summed E-state index contributed by atoms with van der Waals surface area (Å²) in [7, 11) is 1.76. The Bertz CT molecular complexity index is 996. The van der Waals surface area contributed by atoms with E-state index in [0.29, 0.717) is 29.5 Å². The van der Waals surface area contributed by atoms with Crippen LogP contribution in [0.15, 0.2) is 12.1 Å². The predicted molar refractivity (Wildman–Crippen MR) is 122 cm³/mol. The normalized spacial score (nSPS) is 19.1. The second-order valence-corrected chi connectivity index (χ2v) is 9.19. The van der Waals surface area contributed by atoms with Crippen LogP contribution in [0.25, 0.3) is 10.9 Å². The van der Waals surface area contributed by atoms with Crippen molar-refractivity contribution in [2.45, 2.75) is 52.4 Å². The monoisotopic (exact) mass is 443 g/mol. The van der Waals surface area contributed by atoms with Gasteiger partial charge in [-0.1, -0.05) is 11.4 Å². The smallest absolute Gasteiger partial charge is 0.283 e. The Morgan fingerprint density at radius 2 is 1.88 bits per heavy atom. The first-order valence-electron chi connectivity index (χ1n) is 11.9. The number of carbonyl (C=O) groups is 2. The number of rotatable bonds is 6. The van der Waals surface area contributed by atoms with Crippen LogP contribution in [0.5, 0.6) is 0 Å². The molecule has 0 saturated carbocycles. The summed E-state index contributed by atoms with van der Waals surface area (Å²) in [5.41, 5.74) is 3.63. The van der Waals surface area contributed by atoms with Gasteiger partial charge in [-0.05, 0) is 75.0 Å². The molecule has 1 N–H and O–H groups in total. The van der Waals surface area contributed by atoms with E-state index in [1.807, 2.05) is 13.0 Å². The van der Waals surface area contributed by atoms with Gasteiger partial charge in [-0.2, -0.15) is 5.12 Å². The van der Waals surface area contributed by atoms with Crippen LogP contribution in [0.1, 0.15) is 71.5 Å². The Kier molecular flexibility index (Phi) is 6.84. The number of fused-ring (bicyclic) bond motifs is 3. The van der Waals surface area contributed by atoms with Gasteiger partial charge in [0.15, 0.2) is 0 Å². The van der Waals surface area contributed by atoms with E-state index in [1.165, 1.54) is 5.56 Å². The topological polar surface area (TPSA) is 65.6 Å². The summed E-state index contributed by atoms with van der Waals surface area (Å²) in [6.45, 7) is 5.85. The summed E-state index contributed by atoms with van der Waals surface area (Å²) in [4.78, 5) is 31.0. The molecule has 1 aliphatic carbocycles. The molecule has 4 rings (SSSR count). The number of hydrogen-bond donors (Lipinski definition) is 1. The predicted octanol–water partition coefficient (Wildman–Crippen LogP) is 4.53. The van der Waals surface area contributed by atoms with Gasteiger partial charge in [-0.25, -0.2) is 0 Å². The van der Waals surface area contributed by atoms with Crippen molar-refractivity contribution in [2.75, 3.05) is 33.4 Å². The summed E-state index contributed by atoms with van der Waals surface area (Å²) in [5, 5.41) is 1.10. The Hall–Kier alpha value is -2.41. The number of ether oxygens (including phenoxy) is 1. The first kappa shape index (κ1) is 22.8. The lowest BCUT2D eigenvalue weighted by Gasteiger charge is -2.33. The Morgan fingerprint density at radius 1 is 1.12 bits per heavy atom. The highest BCUT2D eigenvalue weighted by Gasteiger charge is 2.31. The van der Waals surface area contributed by atoms with E-state index in [-0.39, 0.29) is 23.1 Å². The largest absolute Gasteiger partial charge is 0.381 e. The third-order valence-electron chi connectivity index (χ3n) is 7.15. The number of amides is 2. The van der Waals surface area contributed by atoms with Crippen LogP contribution >= 0.6 is 0 Å². The lowest BCUT2D eigenvalue weighted by Crippen LogP contribution is -2.28. The van der Waals surface area contributed by atoms with Crippen molar-refractivity contribution in [1.29, 1.82) is 0 Å². The van der Waals surface area contributed by atoms with Crippen molar-refractivity contribution in [3.63, 3.8) is 0 Å². The van der Waals surface area contributed by atoms with Gasteiger partial charge in [0.2, 0.25) is 0 Å². The molecule has 174 valence electrons. The first-order valence-corrected chi connectivity index (χ1v) is 11.9. The minimum absolute atomic E-state index is 0.0412. The number of benzene rings is 1. The minimum atomic E-state index is -0.704. The Balaban J connectivity index is 1.78. The fourth-order valence-electron chi connectivity index (χ4n) is 5.36. The van der Waals surface area contributed by atoms with Gasteiger partial charge in [-0.15, -0.1) is 0 Å². The number of aryl methyl sites for hydroxylation is 1. The second-order valence-electron chi connectivity index (χ2n) is 9.19. The van der Waals surface area contributed by atoms with Crippen LogP contribution in [0.3, 0.4) is 0 Å². The second kappa shape index (κ2) is 9.61. The van der Waals surface area contributed by atoms with Crippen molar-refractivity contribution < 1.29 is 18.8 Å². The molecule has 1 aromatic heterocycles. The van der Waals surface area contributed by atoms with Crippen molar-refractivity contribution in [3.05, 3.63) is 34.5 Å². The van der Waals surface area contributed by atoms with E-state index in [9.17, 15) is 14.1 Å². The van der Waals surface area contributed by atoms with E-state index in [4.69, 9.17) is 4.74 Å². The van der Waals surface area contributed by atoms with Crippen LogP contribution in [-0.2, 0) is 17.6 Å². The summed E-state index contributed by atoms with van der Waals surface area (Å²) in [6, 6.07) is 3.45. The maximum absolute atomic E-state index is 14.3. The van der Waals surface area contributed by atoms with Gasteiger partial charge in [0.1, 0.15) is 0 Å². The fraction of sp³-hybridized carbons (Fsp3) is 0.600. The molecule has 0 spiro atoms. The van der Waals surface area contributed by atoms with Crippen LogP contribution in [-0.4, -0.2) is 60.2 Å². The van der Waals surface area contributed by atoms with Gasteiger partial charge in [-0.3, -0.25) is 9.59 Å². The van der Waals surface area contributed by atoms with Crippen molar-refractivity contribution in [3.8, 4) is 0 Å². The molecule has 0 radical (unpaired) electrons. The van der Waals surface area contributed by atoms with Crippen LogP contribution < -0.4 is 0 Å². The summed E-state index contributed by atoms with van der Waals surface area (Å²) < 4.78 is 19.9. The molecule has 6 nitrogen and oxygen atoms in total. The number of aromatic amines is 1.